The van der Waals surface area contributed by atoms with Gasteiger partial charge in [0.2, 0.25) is 0 Å². The van der Waals surface area contributed by atoms with Gasteiger partial charge >= 0.3 is 8.56 Å². The molecule has 2 aromatic rings. The number of unbranched alkanes of at least 4 members (excludes halogenated alkanes) is 6. The van der Waals surface area contributed by atoms with Crippen molar-refractivity contribution in [1.82, 2.24) is 0 Å². The molecule has 162 valence electrons. The number of hydrogen-bond acceptors (Lipinski definition) is 2. The lowest BCUT2D eigenvalue weighted by atomic mass is 10.1. The molecule has 0 radical (unpaired) electrons. The molecule has 0 spiro atoms. The fourth-order valence-electron chi connectivity index (χ4n) is 3.55. The molecule has 0 unspecified atom stereocenters. The predicted octanol–water partition coefficient (Wildman–Crippen LogP) is 5.83. The third kappa shape index (κ3) is 8.11. The Bertz CT molecular complexity index is 694. The molecule has 0 bridgehead atoms. The highest BCUT2D eigenvalue weighted by Crippen LogP contribution is 2.13. The van der Waals surface area contributed by atoms with E-state index < -0.39 is 8.56 Å². The van der Waals surface area contributed by atoms with Crippen LogP contribution in [0.2, 0.25) is 0 Å². The van der Waals surface area contributed by atoms with Gasteiger partial charge in [0.05, 0.1) is 0 Å². The molecule has 0 fully saturated rings. The van der Waals surface area contributed by atoms with Crippen LogP contribution < -0.4 is 10.4 Å². The molecule has 30 heavy (non-hydrogen) atoms. The number of benzene rings is 2. The third-order valence-corrected chi connectivity index (χ3v) is 8.53. The van der Waals surface area contributed by atoms with Crippen molar-refractivity contribution < 1.29 is 8.85 Å². The van der Waals surface area contributed by atoms with Crippen molar-refractivity contribution in [2.75, 3.05) is 13.2 Å². The lowest BCUT2D eigenvalue weighted by Crippen LogP contribution is -2.63. The lowest BCUT2D eigenvalue weighted by Gasteiger charge is -2.31. The molecule has 0 saturated heterocycles. The molecule has 0 N–H and O–H groups in total. The first-order chi connectivity index (χ1) is 14.8. The molecule has 2 rings (SSSR count). The third-order valence-electron chi connectivity index (χ3n) is 5.12. The highest BCUT2D eigenvalue weighted by atomic mass is 28.4. The standard InChI is InChI=1S/C27H38O2Si/c1-3-5-6-7-8-9-10-11-12-19-25-29-30(28-24-4-2,26-20-15-13-16-21-26)27-22-17-14-18-23-27/h13-18,20-23H,3-4,7-12,19,24-25H2,1-2H3. The van der Waals surface area contributed by atoms with E-state index in [-0.39, 0.29) is 0 Å². The van der Waals surface area contributed by atoms with Gasteiger partial charge < -0.3 is 8.85 Å². The fraction of sp³-hybridized carbons (Fsp3) is 0.481. The molecule has 0 amide bonds. The molecule has 3 heteroatoms. The molecule has 0 aliphatic carbocycles. The summed E-state index contributed by atoms with van der Waals surface area (Å²) in [4.78, 5) is 0. The molecule has 0 saturated carbocycles. The smallest absolute Gasteiger partial charge is 0.388 e. The van der Waals surface area contributed by atoms with E-state index in [0.29, 0.717) is 0 Å². The Labute approximate surface area is 185 Å². The van der Waals surface area contributed by atoms with Gasteiger partial charge in [-0.3, -0.25) is 0 Å². The molecule has 2 aromatic carbocycles. The van der Waals surface area contributed by atoms with Gasteiger partial charge in [0.15, 0.2) is 0 Å². The summed E-state index contributed by atoms with van der Waals surface area (Å²) in [6, 6.07) is 21.1. The average molecular weight is 423 g/mol. The maximum Gasteiger partial charge on any atom is 0.407 e. The molecule has 0 aromatic heterocycles. The van der Waals surface area contributed by atoms with E-state index in [0.717, 1.165) is 38.9 Å². The van der Waals surface area contributed by atoms with E-state index in [1.165, 1.54) is 42.5 Å². The van der Waals surface area contributed by atoms with Crippen molar-refractivity contribution in [2.45, 2.75) is 71.6 Å². The van der Waals surface area contributed by atoms with Crippen molar-refractivity contribution in [3.63, 3.8) is 0 Å². The second-order valence-electron chi connectivity index (χ2n) is 7.62. The summed E-state index contributed by atoms with van der Waals surface area (Å²) in [6.07, 6.45) is 10.4. The van der Waals surface area contributed by atoms with Gasteiger partial charge in [-0.25, -0.2) is 0 Å². The summed E-state index contributed by atoms with van der Waals surface area (Å²) < 4.78 is 13.2. The van der Waals surface area contributed by atoms with Gasteiger partial charge in [-0.1, -0.05) is 100 Å². The summed E-state index contributed by atoms with van der Waals surface area (Å²) in [5.74, 6) is 6.38. The van der Waals surface area contributed by atoms with Crippen molar-refractivity contribution in [3.05, 3.63) is 60.7 Å². The van der Waals surface area contributed by atoms with Gasteiger partial charge in [0.25, 0.3) is 0 Å². The van der Waals surface area contributed by atoms with Crippen LogP contribution in [0.1, 0.15) is 71.6 Å². The van der Waals surface area contributed by atoms with E-state index >= 15 is 0 Å². The Morgan fingerprint density at radius 2 is 1.17 bits per heavy atom. The molecular formula is C27H38O2Si. The SMILES string of the molecule is CCC#CCCCCCCCCO[Si](OCCC)(c1ccccc1)c1ccccc1. The summed E-state index contributed by atoms with van der Waals surface area (Å²) in [7, 11) is -2.68. The van der Waals surface area contributed by atoms with Crippen molar-refractivity contribution >= 4 is 18.9 Å². The van der Waals surface area contributed by atoms with Crippen molar-refractivity contribution in [3.8, 4) is 11.8 Å². The summed E-state index contributed by atoms with van der Waals surface area (Å²) in [5.41, 5.74) is 0. The second-order valence-corrected chi connectivity index (χ2v) is 10.6. The van der Waals surface area contributed by atoms with Crippen LogP contribution in [0.25, 0.3) is 0 Å². The van der Waals surface area contributed by atoms with Crippen LogP contribution in [0.15, 0.2) is 60.7 Å². The maximum atomic E-state index is 6.67. The quantitative estimate of drug-likeness (QED) is 0.217. The Hall–Kier alpha value is -1.86. The molecule has 0 heterocycles. The largest absolute Gasteiger partial charge is 0.407 e. The first kappa shape index (κ1) is 24.4. The molecule has 0 aliphatic rings. The Morgan fingerprint density at radius 3 is 1.73 bits per heavy atom. The van der Waals surface area contributed by atoms with Crippen molar-refractivity contribution in [2.24, 2.45) is 0 Å². The highest BCUT2D eigenvalue weighted by Gasteiger charge is 2.42. The second kappa shape index (κ2) is 15.0. The van der Waals surface area contributed by atoms with Crippen LogP contribution in [0, 0.1) is 11.8 Å². The molecule has 2 nitrogen and oxygen atoms in total. The van der Waals surface area contributed by atoms with Crippen LogP contribution in [-0.4, -0.2) is 21.8 Å². The normalized spacial score (nSPS) is 11.1. The minimum Gasteiger partial charge on any atom is -0.388 e. The Kier molecular flexibility index (Phi) is 12.2. The lowest BCUT2D eigenvalue weighted by molar-refractivity contribution is 0.188. The zero-order valence-electron chi connectivity index (χ0n) is 18.9. The highest BCUT2D eigenvalue weighted by molar-refractivity contribution is 6.92. The van der Waals surface area contributed by atoms with Gasteiger partial charge in [0, 0.05) is 26.1 Å². The van der Waals surface area contributed by atoms with E-state index in [4.69, 9.17) is 8.85 Å². The number of rotatable bonds is 14. The summed E-state index contributed by atoms with van der Waals surface area (Å²) >= 11 is 0. The Morgan fingerprint density at radius 1 is 0.633 bits per heavy atom. The van der Waals surface area contributed by atoms with Gasteiger partial charge in [-0.15, -0.1) is 11.8 Å². The van der Waals surface area contributed by atoms with Gasteiger partial charge in [0.1, 0.15) is 0 Å². The van der Waals surface area contributed by atoms with E-state index in [9.17, 15) is 0 Å². The average Bonchev–Trinajstić information content (AvgIpc) is 2.81. The van der Waals surface area contributed by atoms with Crippen molar-refractivity contribution in [1.29, 1.82) is 0 Å². The Balaban J connectivity index is 1.91. The topological polar surface area (TPSA) is 18.5 Å². The predicted molar refractivity (Wildman–Crippen MR) is 130 cm³/mol. The monoisotopic (exact) mass is 422 g/mol. The first-order valence-electron chi connectivity index (χ1n) is 11.7. The van der Waals surface area contributed by atoms with Crippen LogP contribution in [0.4, 0.5) is 0 Å². The van der Waals surface area contributed by atoms with E-state index in [1.807, 2.05) is 0 Å². The summed E-state index contributed by atoms with van der Waals surface area (Å²) in [6.45, 7) is 5.73. The van der Waals surface area contributed by atoms with Crippen LogP contribution >= 0.6 is 0 Å². The van der Waals surface area contributed by atoms with Crippen LogP contribution in [0.3, 0.4) is 0 Å². The first-order valence-corrected chi connectivity index (χ1v) is 13.5. The summed E-state index contributed by atoms with van der Waals surface area (Å²) in [5, 5.41) is 2.38. The molecule has 0 atom stereocenters. The zero-order valence-corrected chi connectivity index (χ0v) is 19.9. The van der Waals surface area contributed by atoms with Crippen LogP contribution in [0.5, 0.6) is 0 Å². The molecular weight excluding hydrogens is 384 g/mol. The van der Waals surface area contributed by atoms with E-state index in [2.05, 4.69) is 86.4 Å². The molecule has 0 aliphatic heterocycles. The van der Waals surface area contributed by atoms with E-state index in [1.54, 1.807) is 0 Å². The maximum absolute atomic E-state index is 6.67. The zero-order chi connectivity index (χ0) is 21.3. The van der Waals surface area contributed by atoms with Crippen LogP contribution in [-0.2, 0) is 8.85 Å². The number of hydrogen-bond donors (Lipinski definition) is 0. The minimum absolute atomic E-state index is 0.719. The minimum atomic E-state index is -2.68. The van der Waals surface area contributed by atoms with Gasteiger partial charge in [-0.05, 0) is 29.6 Å². The van der Waals surface area contributed by atoms with Gasteiger partial charge in [-0.2, -0.15) is 0 Å². The fourth-order valence-corrected chi connectivity index (χ4v) is 6.82.